The van der Waals surface area contributed by atoms with Crippen LogP contribution in [0.2, 0.25) is 5.02 Å². The average molecular weight is 310 g/mol. The van der Waals surface area contributed by atoms with E-state index in [1.54, 1.807) is 0 Å². The van der Waals surface area contributed by atoms with Crippen LogP contribution in [0, 0.1) is 5.92 Å². The molecular weight excluding hydrogens is 286 g/mol. The molecule has 21 heavy (non-hydrogen) atoms. The van der Waals surface area contributed by atoms with Crippen LogP contribution in [0.1, 0.15) is 19.4 Å². The van der Waals surface area contributed by atoms with E-state index in [4.69, 9.17) is 11.6 Å². The fourth-order valence-electron chi connectivity index (χ4n) is 2.36. The van der Waals surface area contributed by atoms with E-state index in [1.165, 1.54) is 5.56 Å². The Labute approximate surface area is 132 Å². The van der Waals surface area contributed by atoms with Gasteiger partial charge in [-0.05, 0) is 23.6 Å². The minimum Gasteiger partial charge on any atom is -0.338 e. The third kappa shape index (κ3) is 5.21. The first-order valence-electron chi connectivity index (χ1n) is 7.54. The van der Waals surface area contributed by atoms with E-state index in [1.807, 2.05) is 17.0 Å². The summed E-state index contributed by atoms with van der Waals surface area (Å²) in [4.78, 5) is 16.3. The van der Waals surface area contributed by atoms with Crippen LogP contribution in [-0.2, 0) is 6.54 Å². The minimum absolute atomic E-state index is 0.0647. The lowest BCUT2D eigenvalue weighted by Crippen LogP contribution is -2.51. The van der Waals surface area contributed by atoms with Crippen molar-refractivity contribution in [3.63, 3.8) is 0 Å². The molecule has 5 heteroatoms. The lowest BCUT2D eigenvalue weighted by molar-refractivity contribution is 0.135. The fourth-order valence-corrected chi connectivity index (χ4v) is 2.49. The Balaban J connectivity index is 1.75. The molecule has 1 N–H and O–H groups in total. The predicted molar refractivity (Wildman–Crippen MR) is 86.5 cm³/mol. The molecule has 0 radical (unpaired) electrons. The van der Waals surface area contributed by atoms with Crippen LogP contribution in [-0.4, -0.2) is 48.6 Å². The Hall–Kier alpha value is -1.26. The first-order chi connectivity index (χ1) is 10.0. The number of halogens is 1. The van der Waals surface area contributed by atoms with Gasteiger partial charge in [0.15, 0.2) is 0 Å². The third-order valence-electron chi connectivity index (χ3n) is 3.64. The van der Waals surface area contributed by atoms with Crippen molar-refractivity contribution in [2.24, 2.45) is 5.92 Å². The van der Waals surface area contributed by atoms with Crippen molar-refractivity contribution < 1.29 is 4.79 Å². The van der Waals surface area contributed by atoms with Gasteiger partial charge in [-0.2, -0.15) is 0 Å². The lowest BCUT2D eigenvalue weighted by atomic mass is 10.2. The summed E-state index contributed by atoms with van der Waals surface area (Å²) in [5, 5.41) is 3.75. The normalized spacial score (nSPS) is 16.3. The second-order valence-corrected chi connectivity index (χ2v) is 6.41. The predicted octanol–water partition coefficient (Wildman–Crippen LogP) is 2.82. The quantitative estimate of drug-likeness (QED) is 0.928. The van der Waals surface area contributed by atoms with Gasteiger partial charge in [-0.1, -0.05) is 37.6 Å². The molecule has 4 nitrogen and oxygen atoms in total. The maximum atomic E-state index is 12.0. The highest BCUT2D eigenvalue weighted by Crippen LogP contribution is 2.13. The fraction of sp³-hybridized carbons (Fsp3) is 0.562. The Morgan fingerprint density at radius 2 is 1.81 bits per heavy atom. The van der Waals surface area contributed by atoms with Gasteiger partial charge in [0.05, 0.1) is 0 Å². The number of hydrogen-bond acceptors (Lipinski definition) is 2. The van der Waals surface area contributed by atoms with E-state index in [0.717, 1.165) is 44.3 Å². The van der Waals surface area contributed by atoms with E-state index in [-0.39, 0.29) is 6.03 Å². The number of hydrogen-bond donors (Lipinski definition) is 1. The highest BCUT2D eigenvalue weighted by atomic mass is 35.5. The first-order valence-corrected chi connectivity index (χ1v) is 7.92. The van der Waals surface area contributed by atoms with Crippen molar-refractivity contribution >= 4 is 17.6 Å². The number of carbonyl (C=O) groups is 1. The van der Waals surface area contributed by atoms with Crippen LogP contribution in [0.5, 0.6) is 0 Å². The lowest BCUT2D eigenvalue weighted by Gasteiger charge is -2.34. The Bertz CT molecular complexity index is 453. The second-order valence-electron chi connectivity index (χ2n) is 5.97. The maximum absolute atomic E-state index is 12.0. The molecule has 0 aromatic heterocycles. The molecule has 1 aliphatic rings. The molecule has 0 spiro atoms. The smallest absolute Gasteiger partial charge is 0.317 e. The first kappa shape index (κ1) is 16.1. The Morgan fingerprint density at radius 3 is 2.38 bits per heavy atom. The van der Waals surface area contributed by atoms with Crippen LogP contribution in [0.15, 0.2) is 24.3 Å². The Kier molecular flexibility index (Phi) is 5.88. The molecule has 2 rings (SSSR count). The van der Waals surface area contributed by atoms with Gasteiger partial charge in [0, 0.05) is 44.3 Å². The number of carbonyl (C=O) groups excluding carboxylic acids is 1. The van der Waals surface area contributed by atoms with E-state index >= 15 is 0 Å². The van der Waals surface area contributed by atoms with Gasteiger partial charge >= 0.3 is 6.03 Å². The number of nitrogens with one attached hydrogen (secondary N) is 1. The average Bonchev–Trinajstić information content (AvgIpc) is 2.48. The zero-order valence-corrected chi connectivity index (χ0v) is 13.6. The maximum Gasteiger partial charge on any atom is 0.317 e. The van der Waals surface area contributed by atoms with E-state index in [9.17, 15) is 4.79 Å². The summed E-state index contributed by atoms with van der Waals surface area (Å²) in [7, 11) is 0. The number of urea groups is 1. The third-order valence-corrected chi connectivity index (χ3v) is 3.89. The van der Waals surface area contributed by atoms with Crippen molar-refractivity contribution in [3.05, 3.63) is 34.9 Å². The minimum atomic E-state index is 0.0647. The highest BCUT2D eigenvalue weighted by molar-refractivity contribution is 6.30. The van der Waals surface area contributed by atoms with E-state index in [0.29, 0.717) is 5.92 Å². The van der Waals surface area contributed by atoms with E-state index < -0.39 is 0 Å². The number of rotatable bonds is 4. The largest absolute Gasteiger partial charge is 0.338 e. The molecule has 2 amide bonds. The van der Waals surface area contributed by atoms with Crippen molar-refractivity contribution in [1.29, 1.82) is 0 Å². The summed E-state index contributed by atoms with van der Waals surface area (Å²) in [5.74, 6) is 0.486. The Morgan fingerprint density at radius 1 is 1.19 bits per heavy atom. The van der Waals surface area contributed by atoms with Gasteiger partial charge in [-0.25, -0.2) is 4.79 Å². The molecule has 1 aromatic rings. The molecule has 1 saturated heterocycles. The van der Waals surface area contributed by atoms with Gasteiger partial charge in [-0.3, -0.25) is 4.90 Å². The standard InChI is InChI=1S/C16H24ClN3O/c1-13(2)11-18-16(21)20-9-7-19(8-10-20)12-14-3-5-15(17)6-4-14/h3-6,13H,7-12H2,1-2H3,(H,18,21). The molecule has 1 aromatic carbocycles. The number of benzene rings is 1. The molecule has 0 aliphatic carbocycles. The summed E-state index contributed by atoms with van der Waals surface area (Å²) in [5.41, 5.74) is 1.26. The topological polar surface area (TPSA) is 35.6 Å². The van der Waals surface area contributed by atoms with Crippen LogP contribution >= 0.6 is 11.6 Å². The van der Waals surface area contributed by atoms with Crippen molar-refractivity contribution in [2.45, 2.75) is 20.4 Å². The van der Waals surface area contributed by atoms with Crippen LogP contribution < -0.4 is 5.32 Å². The molecule has 0 unspecified atom stereocenters. The molecule has 1 fully saturated rings. The van der Waals surface area contributed by atoms with Crippen LogP contribution in [0.25, 0.3) is 0 Å². The number of nitrogens with zero attached hydrogens (tertiary/aromatic N) is 2. The van der Waals surface area contributed by atoms with Gasteiger partial charge in [0.25, 0.3) is 0 Å². The highest BCUT2D eigenvalue weighted by Gasteiger charge is 2.20. The summed E-state index contributed by atoms with van der Waals surface area (Å²) in [6, 6.07) is 8.03. The molecule has 1 aliphatic heterocycles. The van der Waals surface area contributed by atoms with Gasteiger partial charge in [-0.15, -0.1) is 0 Å². The second kappa shape index (κ2) is 7.66. The zero-order chi connectivity index (χ0) is 15.2. The molecule has 0 bridgehead atoms. The molecule has 1 heterocycles. The summed E-state index contributed by atoms with van der Waals surface area (Å²) >= 11 is 5.90. The van der Waals surface area contributed by atoms with Gasteiger partial charge < -0.3 is 10.2 Å². The SMILES string of the molecule is CC(C)CNC(=O)N1CCN(Cc2ccc(Cl)cc2)CC1. The van der Waals surface area contributed by atoms with E-state index in [2.05, 4.69) is 36.2 Å². The molecule has 0 saturated carbocycles. The summed E-state index contributed by atoms with van der Waals surface area (Å²) in [6.07, 6.45) is 0. The monoisotopic (exact) mass is 309 g/mol. The van der Waals surface area contributed by atoms with Crippen molar-refractivity contribution in [3.8, 4) is 0 Å². The summed E-state index contributed by atoms with van der Waals surface area (Å²) < 4.78 is 0. The van der Waals surface area contributed by atoms with Gasteiger partial charge in [0.2, 0.25) is 0 Å². The van der Waals surface area contributed by atoms with Crippen LogP contribution in [0.3, 0.4) is 0 Å². The number of amides is 2. The number of piperazine rings is 1. The molecular formula is C16H24ClN3O. The van der Waals surface area contributed by atoms with Gasteiger partial charge in [0.1, 0.15) is 0 Å². The molecule has 116 valence electrons. The molecule has 0 atom stereocenters. The van der Waals surface area contributed by atoms with Crippen LogP contribution in [0.4, 0.5) is 4.79 Å². The van der Waals surface area contributed by atoms with Crippen molar-refractivity contribution in [1.82, 2.24) is 15.1 Å². The van der Waals surface area contributed by atoms with Crippen molar-refractivity contribution in [2.75, 3.05) is 32.7 Å². The summed E-state index contributed by atoms with van der Waals surface area (Å²) in [6.45, 7) is 9.27. The zero-order valence-electron chi connectivity index (χ0n) is 12.8.